The van der Waals surface area contributed by atoms with Gasteiger partial charge in [-0.1, -0.05) is 32.0 Å². The number of hydrogen-bond acceptors (Lipinski definition) is 3. The third-order valence-corrected chi connectivity index (χ3v) is 6.33. The Kier molecular flexibility index (Phi) is 7.16. The van der Waals surface area contributed by atoms with Crippen molar-refractivity contribution in [3.8, 4) is 0 Å². The van der Waals surface area contributed by atoms with E-state index in [0.29, 0.717) is 18.7 Å². The van der Waals surface area contributed by atoms with Crippen LogP contribution in [-0.2, 0) is 10.0 Å². The highest BCUT2D eigenvalue weighted by Crippen LogP contribution is 2.21. The summed E-state index contributed by atoms with van der Waals surface area (Å²) >= 11 is 0. The Balaban J connectivity index is 2.22. The molecule has 0 spiro atoms. The molecule has 1 amide bonds. The van der Waals surface area contributed by atoms with Crippen molar-refractivity contribution in [2.24, 2.45) is 0 Å². The molecule has 0 aromatic heterocycles. The quantitative estimate of drug-likeness (QED) is 0.730. The molecule has 0 aliphatic heterocycles. The van der Waals surface area contributed by atoms with E-state index in [9.17, 15) is 13.2 Å². The molecule has 0 bridgehead atoms. The van der Waals surface area contributed by atoms with Gasteiger partial charge in [-0.05, 0) is 62.1 Å². The van der Waals surface area contributed by atoms with E-state index in [1.165, 1.54) is 16.4 Å². The number of aryl methyl sites for hydroxylation is 2. The normalized spacial score (nSPS) is 11.6. The Hall–Kier alpha value is -2.18. The van der Waals surface area contributed by atoms with E-state index >= 15 is 0 Å². The van der Waals surface area contributed by atoms with Crippen LogP contribution in [0.4, 0.5) is 5.69 Å². The average Bonchev–Trinajstić information content (AvgIpc) is 2.64. The highest BCUT2D eigenvalue weighted by molar-refractivity contribution is 7.89. The van der Waals surface area contributed by atoms with Crippen LogP contribution >= 0.6 is 0 Å². The van der Waals surface area contributed by atoms with Crippen molar-refractivity contribution in [1.82, 2.24) is 4.31 Å². The van der Waals surface area contributed by atoms with Gasteiger partial charge in [0.2, 0.25) is 10.0 Å². The second-order valence-electron chi connectivity index (χ2n) is 6.65. The lowest BCUT2D eigenvalue weighted by molar-refractivity contribution is 0.102. The number of nitrogens with one attached hydrogen (secondary N) is 1. The van der Waals surface area contributed by atoms with Crippen molar-refractivity contribution in [3.63, 3.8) is 0 Å². The zero-order valence-corrected chi connectivity index (χ0v) is 17.3. The zero-order valence-electron chi connectivity index (χ0n) is 16.5. The van der Waals surface area contributed by atoms with E-state index in [1.54, 1.807) is 12.1 Å². The van der Waals surface area contributed by atoms with Gasteiger partial charge in [-0.25, -0.2) is 8.42 Å². The van der Waals surface area contributed by atoms with Crippen LogP contribution in [0.2, 0.25) is 0 Å². The van der Waals surface area contributed by atoms with E-state index < -0.39 is 10.0 Å². The van der Waals surface area contributed by atoms with Crippen molar-refractivity contribution in [2.75, 3.05) is 18.4 Å². The SMILES string of the molecule is CCCN(CCC)S(=O)(=O)c1ccc(C(=O)Nc2c(C)cccc2C)cc1. The van der Waals surface area contributed by atoms with Crippen LogP contribution in [0.15, 0.2) is 47.4 Å². The van der Waals surface area contributed by atoms with Crippen LogP contribution in [-0.4, -0.2) is 31.7 Å². The second kappa shape index (κ2) is 9.15. The minimum Gasteiger partial charge on any atom is -0.322 e. The van der Waals surface area contributed by atoms with Gasteiger partial charge in [-0.3, -0.25) is 4.79 Å². The molecule has 6 heteroatoms. The monoisotopic (exact) mass is 388 g/mol. The fourth-order valence-corrected chi connectivity index (χ4v) is 4.60. The molecule has 0 radical (unpaired) electrons. The Labute approximate surface area is 162 Å². The summed E-state index contributed by atoms with van der Waals surface area (Å²) in [5.41, 5.74) is 3.18. The maximum Gasteiger partial charge on any atom is 0.255 e. The molecular weight excluding hydrogens is 360 g/mol. The lowest BCUT2D eigenvalue weighted by atomic mass is 10.1. The first kappa shape index (κ1) is 21.1. The lowest BCUT2D eigenvalue weighted by Gasteiger charge is -2.21. The summed E-state index contributed by atoms with van der Waals surface area (Å²) in [5.74, 6) is -0.254. The Morgan fingerprint density at radius 1 is 0.926 bits per heavy atom. The smallest absolute Gasteiger partial charge is 0.255 e. The van der Waals surface area contributed by atoms with Crippen molar-refractivity contribution in [2.45, 2.75) is 45.4 Å². The fraction of sp³-hybridized carbons (Fsp3) is 0.381. The zero-order chi connectivity index (χ0) is 20.0. The van der Waals surface area contributed by atoms with Gasteiger partial charge in [0, 0.05) is 24.3 Å². The van der Waals surface area contributed by atoms with Gasteiger partial charge in [0.1, 0.15) is 0 Å². The summed E-state index contributed by atoms with van der Waals surface area (Å²) in [5, 5.41) is 2.92. The van der Waals surface area contributed by atoms with Crippen molar-refractivity contribution in [3.05, 3.63) is 59.2 Å². The summed E-state index contributed by atoms with van der Waals surface area (Å²) in [4.78, 5) is 12.8. The fourth-order valence-electron chi connectivity index (χ4n) is 2.98. The molecule has 0 atom stereocenters. The Morgan fingerprint density at radius 2 is 1.44 bits per heavy atom. The number of sulfonamides is 1. The Morgan fingerprint density at radius 3 is 1.93 bits per heavy atom. The molecule has 0 aliphatic carbocycles. The van der Waals surface area contributed by atoms with Crippen molar-refractivity contribution >= 4 is 21.6 Å². The molecule has 1 N–H and O–H groups in total. The number of hydrogen-bond donors (Lipinski definition) is 1. The number of carbonyl (C=O) groups is 1. The van der Waals surface area contributed by atoms with Gasteiger partial charge in [0.25, 0.3) is 5.91 Å². The van der Waals surface area contributed by atoms with E-state index in [2.05, 4.69) is 5.32 Å². The number of anilines is 1. The van der Waals surface area contributed by atoms with Crippen molar-refractivity contribution < 1.29 is 13.2 Å². The van der Waals surface area contributed by atoms with Gasteiger partial charge in [-0.2, -0.15) is 4.31 Å². The summed E-state index contributed by atoms with van der Waals surface area (Å²) in [6.45, 7) is 8.77. The highest BCUT2D eigenvalue weighted by atomic mass is 32.2. The predicted molar refractivity (Wildman–Crippen MR) is 110 cm³/mol. The lowest BCUT2D eigenvalue weighted by Crippen LogP contribution is -2.32. The van der Waals surface area contributed by atoms with Gasteiger partial charge in [0.15, 0.2) is 0 Å². The molecule has 2 aromatic rings. The first-order valence-corrected chi connectivity index (χ1v) is 10.7. The summed E-state index contributed by atoms with van der Waals surface area (Å²) in [6, 6.07) is 12.0. The number of benzene rings is 2. The summed E-state index contributed by atoms with van der Waals surface area (Å²) in [7, 11) is -3.54. The van der Waals surface area contributed by atoms with Crippen LogP contribution in [0, 0.1) is 13.8 Å². The van der Waals surface area contributed by atoms with E-state index in [1.807, 2.05) is 45.9 Å². The van der Waals surface area contributed by atoms with E-state index in [4.69, 9.17) is 0 Å². The van der Waals surface area contributed by atoms with Gasteiger partial charge < -0.3 is 5.32 Å². The van der Waals surface area contributed by atoms with Crippen LogP contribution < -0.4 is 5.32 Å². The first-order valence-electron chi connectivity index (χ1n) is 9.29. The van der Waals surface area contributed by atoms with E-state index in [-0.39, 0.29) is 10.8 Å². The first-order chi connectivity index (χ1) is 12.8. The molecule has 27 heavy (non-hydrogen) atoms. The van der Waals surface area contributed by atoms with Crippen LogP contribution in [0.3, 0.4) is 0 Å². The molecule has 2 aromatic carbocycles. The molecular formula is C21H28N2O3S. The third-order valence-electron chi connectivity index (χ3n) is 4.42. The number of para-hydroxylation sites is 1. The number of carbonyl (C=O) groups excluding carboxylic acids is 1. The number of rotatable bonds is 8. The number of amides is 1. The third kappa shape index (κ3) is 4.96. The van der Waals surface area contributed by atoms with E-state index in [0.717, 1.165) is 29.7 Å². The molecule has 0 aliphatic rings. The molecule has 0 fully saturated rings. The molecule has 0 heterocycles. The maximum absolute atomic E-state index is 12.8. The summed E-state index contributed by atoms with van der Waals surface area (Å²) < 4.78 is 27.1. The minimum atomic E-state index is -3.54. The highest BCUT2D eigenvalue weighted by Gasteiger charge is 2.23. The minimum absolute atomic E-state index is 0.216. The molecule has 0 saturated heterocycles. The largest absolute Gasteiger partial charge is 0.322 e. The average molecular weight is 389 g/mol. The van der Waals surface area contributed by atoms with Crippen LogP contribution in [0.1, 0.15) is 48.2 Å². The maximum atomic E-state index is 12.8. The number of nitrogens with zero attached hydrogens (tertiary/aromatic N) is 1. The van der Waals surface area contributed by atoms with Gasteiger partial charge >= 0.3 is 0 Å². The van der Waals surface area contributed by atoms with Crippen LogP contribution in [0.5, 0.6) is 0 Å². The Bertz CT molecular complexity index is 864. The topological polar surface area (TPSA) is 66.5 Å². The van der Waals surface area contributed by atoms with Gasteiger partial charge in [0.05, 0.1) is 4.90 Å². The predicted octanol–water partition coefficient (Wildman–Crippen LogP) is 4.37. The summed E-state index contributed by atoms with van der Waals surface area (Å²) in [6.07, 6.45) is 1.52. The molecule has 0 saturated carbocycles. The molecule has 5 nitrogen and oxygen atoms in total. The van der Waals surface area contributed by atoms with Crippen LogP contribution in [0.25, 0.3) is 0 Å². The standard InChI is InChI=1S/C21H28N2O3S/c1-5-14-23(15-6-2)27(25,26)19-12-10-18(11-13-19)21(24)22-20-16(3)8-7-9-17(20)4/h7-13H,5-6,14-15H2,1-4H3,(H,22,24). The second-order valence-corrected chi connectivity index (χ2v) is 8.59. The van der Waals surface area contributed by atoms with Crippen molar-refractivity contribution in [1.29, 1.82) is 0 Å². The molecule has 0 unspecified atom stereocenters. The molecule has 146 valence electrons. The van der Waals surface area contributed by atoms with Gasteiger partial charge in [-0.15, -0.1) is 0 Å². The molecule has 2 rings (SSSR count).